The van der Waals surface area contributed by atoms with Gasteiger partial charge >= 0.3 is 0 Å². The normalized spacial score (nSPS) is 13.8. The molecule has 3 rings (SSSR count). The molecule has 1 aliphatic rings. The molecule has 31 heavy (non-hydrogen) atoms. The number of amides is 2. The average Bonchev–Trinajstić information content (AvgIpc) is 2.81. The summed E-state index contributed by atoms with van der Waals surface area (Å²) in [4.78, 5) is 26.0. The monoisotopic (exact) mass is 429 g/mol. The minimum atomic E-state index is -0.662. The second kappa shape index (κ2) is 10.6. The molecule has 3 N–H and O–H groups in total. The van der Waals surface area contributed by atoms with Crippen molar-refractivity contribution < 1.29 is 28.7 Å². The average molecular weight is 429 g/mol. The van der Waals surface area contributed by atoms with Crippen molar-refractivity contribution in [1.29, 1.82) is 0 Å². The van der Waals surface area contributed by atoms with Gasteiger partial charge in [-0.3, -0.25) is 14.8 Å². The maximum Gasteiger partial charge on any atom is 0.267 e. The van der Waals surface area contributed by atoms with E-state index in [2.05, 4.69) is 5.32 Å². The van der Waals surface area contributed by atoms with Gasteiger partial charge in [0.05, 0.1) is 25.9 Å². The van der Waals surface area contributed by atoms with Crippen molar-refractivity contribution in [3.63, 3.8) is 0 Å². The zero-order valence-electron chi connectivity index (χ0n) is 17.1. The number of hydrogen-bond acceptors (Lipinski definition) is 6. The Labute approximate surface area is 179 Å². The second-order valence-corrected chi connectivity index (χ2v) is 6.83. The predicted molar refractivity (Wildman–Crippen MR) is 113 cm³/mol. The summed E-state index contributed by atoms with van der Waals surface area (Å²) >= 11 is 0. The van der Waals surface area contributed by atoms with Crippen LogP contribution in [0.4, 0.5) is 10.1 Å². The van der Waals surface area contributed by atoms with Gasteiger partial charge in [-0.05, 0) is 35.9 Å². The lowest BCUT2D eigenvalue weighted by Gasteiger charge is -2.30. The van der Waals surface area contributed by atoms with Crippen molar-refractivity contribution in [3.8, 4) is 5.75 Å². The summed E-state index contributed by atoms with van der Waals surface area (Å²) in [6.07, 6.45) is 2.66. The van der Waals surface area contributed by atoms with Crippen LogP contribution in [0.25, 0.3) is 6.08 Å². The molecule has 1 heterocycles. The van der Waals surface area contributed by atoms with E-state index in [0.29, 0.717) is 43.3 Å². The van der Waals surface area contributed by atoms with Gasteiger partial charge in [0.2, 0.25) is 0 Å². The molecular weight excluding hydrogens is 405 g/mol. The van der Waals surface area contributed by atoms with Crippen molar-refractivity contribution in [2.45, 2.75) is 6.54 Å². The van der Waals surface area contributed by atoms with Gasteiger partial charge < -0.3 is 19.7 Å². The third-order valence-corrected chi connectivity index (χ3v) is 4.83. The summed E-state index contributed by atoms with van der Waals surface area (Å²) in [6.45, 7) is 2.58. The summed E-state index contributed by atoms with van der Waals surface area (Å²) < 4.78 is 24.5. The largest absolute Gasteiger partial charge is 0.496 e. The van der Waals surface area contributed by atoms with Gasteiger partial charge in [0.25, 0.3) is 11.8 Å². The van der Waals surface area contributed by atoms with Gasteiger partial charge in [-0.25, -0.2) is 9.87 Å². The van der Waals surface area contributed by atoms with Crippen molar-refractivity contribution in [3.05, 3.63) is 65.0 Å². The molecule has 2 amide bonds. The standard InChI is InChI=1S/C22H24FN3O5/c1-30-20-12-15(2-3-16(20)4-7-21(27)25-29)14-24-22(28)18-13-17(23)5-6-19(18)26-8-10-31-11-9-26/h2-7,12-13,29H,8-11,14H2,1H3,(H,24,28)(H,25,27)/b7-4+. The molecule has 8 nitrogen and oxygen atoms in total. The van der Waals surface area contributed by atoms with Crippen molar-refractivity contribution in [1.82, 2.24) is 10.8 Å². The van der Waals surface area contributed by atoms with Gasteiger partial charge in [0, 0.05) is 37.0 Å². The number of morpholine rings is 1. The summed E-state index contributed by atoms with van der Waals surface area (Å²) in [5.74, 6) is -1.03. The molecule has 0 bridgehead atoms. The minimum absolute atomic E-state index is 0.204. The number of carbonyl (C=O) groups excluding carboxylic acids is 2. The molecule has 164 valence electrons. The van der Waals surface area contributed by atoms with Crippen LogP contribution in [0, 0.1) is 5.82 Å². The number of carbonyl (C=O) groups is 2. The number of halogens is 1. The molecule has 0 spiro atoms. The number of nitrogens with one attached hydrogen (secondary N) is 2. The molecule has 1 aliphatic heterocycles. The van der Waals surface area contributed by atoms with Crippen LogP contribution < -0.4 is 20.4 Å². The van der Waals surface area contributed by atoms with E-state index >= 15 is 0 Å². The molecule has 0 unspecified atom stereocenters. The Hall–Kier alpha value is -3.43. The summed E-state index contributed by atoms with van der Waals surface area (Å²) in [7, 11) is 1.49. The number of anilines is 1. The fraction of sp³-hybridized carbons (Fsp3) is 0.273. The highest BCUT2D eigenvalue weighted by Gasteiger charge is 2.19. The third kappa shape index (κ3) is 5.80. The molecular formula is C22H24FN3O5. The summed E-state index contributed by atoms with van der Waals surface area (Å²) in [6, 6.07) is 9.42. The molecule has 0 saturated carbocycles. The Morgan fingerprint density at radius 2 is 2.00 bits per heavy atom. The lowest BCUT2D eigenvalue weighted by atomic mass is 10.1. The minimum Gasteiger partial charge on any atom is -0.496 e. The number of nitrogens with zero attached hydrogens (tertiary/aromatic N) is 1. The number of methoxy groups -OCH3 is 1. The van der Waals surface area contributed by atoms with Gasteiger partial charge in [-0.2, -0.15) is 0 Å². The van der Waals surface area contributed by atoms with Crippen LogP contribution in [-0.2, 0) is 16.1 Å². The highest BCUT2D eigenvalue weighted by molar-refractivity contribution is 5.99. The summed E-state index contributed by atoms with van der Waals surface area (Å²) in [5.41, 5.74) is 3.84. The van der Waals surface area contributed by atoms with Crippen molar-refractivity contribution in [2.24, 2.45) is 0 Å². The van der Waals surface area contributed by atoms with Crippen LogP contribution in [-0.4, -0.2) is 50.4 Å². The molecule has 2 aromatic rings. The van der Waals surface area contributed by atoms with E-state index in [0.717, 1.165) is 11.6 Å². The second-order valence-electron chi connectivity index (χ2n) is 6.83. The van der Waals surface area contributed by atoms with Crippen LogP contribution in [0.1, 0.15) is 21.5 Å². The van der Waals surface area contributed by atoms with Gasteiger partial charge in [0.15, 0.2) is 0 Å². The van der Waals surface area contributed by atoms with Gasteiger partial charge in [0.1, 0.15) is 11.6 Å². The van der Waals surface area contributed by atoms with Crippen molar-refractivity contribution >= 4 is 23.6 Å². The number of hydrogen-bond donors (Lipinski definition) is 3. The number of benzene rings is 2. The van der Waals surface area contributed by atoms with E-state index in [-0.39, 0.29) is 18.0 Å². The van der Waals surface area contributed by atoms with E-state index in [4.69, 9.17) is 14.7 Å². The van der Waals surface area contributed by atoms with Gasteiger partial charge in [-0.15, -0.1) is 0 Å². The van der Waals surface area contributed by atoms with E-state index in [1.807, 2.05) is 4.90 Å². The predicted octanol–water partition coefficient (Wildman–Crippen LogP) is 2.12. The highest BCUT2D eigenvalue weighted by atomic mass is 19.1. The molecule has 0 aromatic heterocycles. The topological polar surface area (TPSA) is 100 Å². The van der Waals surface area contributed by atoms with Crippen LogP contribution in [0.15, 0.2) is 42.5 Å². The SMILES string of the molecule is COc1cc(CNC(=O)c2cc(F)ccc2N2CCOCC2)ccc1/C=C/C(=O)NO. The van der Waals surface area contributed by atoms with Crippen molar-refractivity contribution in [2.75, 3.05) is 38.3 Å². The Morgan fingerprint density at radius 3 is 2.71 bits per heavy atom. The fourth-order valence-electron chi connectivity index (χ4n) is 3.25. The van der Waals surface area contributed by atoms with E-state index in [9.17, 15) is 14.0 Å². The molecule has 0 radical (unpaired) electrons. The zero-order valence-corrected chi connectivity index (χ0v) is 17.1. The fourth-order valence-corrected chi connectivity index (χ4v) is 3.25. The Kier molecular flexibility index (Phi) is 7.58. The number of rotatable bonds is 7. The molecule has 0 atom stereocenters. The van der Waals surface area contributed by atoms with E-state index in [1.54, 1.807) is 24.3 Å². The lowest BCUT2D eigenvalue weighted by molar-refractivity contribution is -0.124. The van der Waals surface area contributed by atoms with E-state index < -0.39 is 11.7 Å². The third-order valence-electron chi connectivity index (χ3n) is 4.83. The first-order chi connectivity index (χ1) is 15.0. The summed E-state index contributed by atoms with van der Waals surface area (Å²) in [5, 5.41) is 11.4. The Balaban J connectivity index is 1.73. The maximum absolute atomic E-state index is 13.8. The van der Waals surface area contributed by atoms with Crippen LogP contribution in [0.3, 0.4) is 0 Å². The van der Waals surface area contributed by atoms with Gasteiger partial charge in [-0.1, -0.05) is 12.1 Å². The molecule has 1 saturated heterocycles. The number of ether oxygens (including phenoxy) is 2. The smallest absolute Gasteiger partial charge is 0.267 e. The first-order valence-corrected chi connectivity index (χ1v) is 9.71. The van der Waals surface area contributed by atoms with Crippen LogP contribution in [0.2, 0.25) is 0 Å². The van der Waals surface area contributed by atoms with Crippen LogP contribution in [0.5, 0.6) is 5.75 Å². The lowest BCUT2D eigenvalue weighted by Crippen LogP contribution is -2.38. The first kappa shape index (κ1) is 22.3. The zero-order chi connectivity index (χ0) is 22.2. The van der Waals surface area contributed by atoms with E-state index in [1.165, 1.54) is 30.8 Å². The maximum atomic E-state index is 13.8. The first-order valence-electron chi connectivity index (χ1n) is 9.71. The highest BCUT2D eigenvalue weighted by Crippen LogP contribution is 2.24. The quantitative estimate of drug-likeness (QED) is 0.354. The van der Waals surface area contributed by atoms with Crippen LogP contribution >= 0.6 is 0 Å². The molecule has 9 heteroatoms. The Morgan fingerprint density at radius 1 is 1.23 bits per heavy atom. The molecule has 2 aromatic carbocycles. The molecule has 1 fully saturated rings. The Bertz CT molecular complexity index is 974. The molecule has 0 aliphatic carbocycles. The number of hydroxylamine groups is 1.